The van der Waals surface area contributed by atoms with E-state index in [1.807, 2.05) is 6.26 Å². The minimum atomic E-state index is 0.576. The SMILES string of the molecule is CSc1nc(NN)cc(NCC(C)C)n1. The van der Waals surface area contributed by atoms with E-state index in [4.69, 9.17) is 5.84 Å². The molecule has 0 fully saturated rings. The van der Waals surface area contributed by atoms with Gasteiger partial charge >= 0.3 is 0 Å². The first kappa shape index (κ1) is 12.1. The molecule has 0 bridgehead atoms. The monoisotopic (exact) mass is 227 g/mol. The lowest BCUT2D eigenvalue weighted by Crippen LogP contribution is -2.13. The van der Waals surface area contributed by atoms with Crippen LogP contribution in [-0.4, -0.2) is 22.8 Å². The Balaban J connectivity index is 2.77. The van der Waals surface area contributed by atoms with E-state index in [-0.39, 0.29) is 0 Å². The molecule has 0 spiro atoms. The Labute approximate surface area is 94.2 Å². The zero-order valence-electron chi connectivity index (χ0n) is 9.24. The molecule has 1 heterocycles. The summed E-state index contributed by atoms with van der Waals surface area (Å²) in [6, 6.07) is 1.79. The number of hydrogen-bond acceptors (Lipinski definition) is 6. The molecule has 0 radical (unpaired) electrons. The predicted octanol–water partition coefficient (Wildman–Crippen LogP) is 1.55. The highest BCUT2D eigenvalue weighted by Gasteiger charge is 2.03. The number of nitrogen functional groups attached to an aromatic ring is 1. The van der Waals surface area contributed by atoms with Gasteiger partial charge in [0.1, 0.15) is 11.6 Å². The average Bonchev–Trinajstić information content (AvgIpc) is 2.25. The van der Waals surface area contributed by atoms with Gasteiger partial charge in [0.2, 0.25) is 0 Å². The molecule has 84 valence electrons. The number of nitrogens with two attached hydrogens (primary N) is 1. The standard InChI is InChI=1S/C9H17N5S/c1-6(2)5-11-7-4-8(14-10)13-9(12-7)15-3/h4,6H,5,10H2,1-3H3,(H2,11,12,13,14). The van der Waals surface area contributed by atoms with Crippen LogP contribution in [0, 0.1) is 5.92 Å². The molecule has 4 N–H and O–H groups in total. The third-order valence-electron chi connectivity index (χ3n) is 1.73. The smallest absolute Gasteiger partial charge is 0.191 e. The molecule has 0 saturated heterocycles. The predicted molar refractivity (Wildman–Crippen MR) is 65.0 cm³/mol. The summed E-state index contributed by atoms with van der Waals surface area (Å²) in [6.07, 6.45) is 1.93. The molecular formula is C9H17N5S. The van der Waals surface area contributed by atoms with Gasteiger partial charge in [-0.25, -0.2) is 15.8 Å². The van der Waals surface area contributed by atoms with E-state index >= 15 is 0 Å². The number of hydrazine groups is 1. The van der Waals surface area contributed by atoms with Crippen LogP contribution in [0.3, 0.4) is 0 Å². The van der Waals surface area contributed by atoms with E-state index in [1.54, 1.807) is 6.07 Å². The minimum absolute atomic E-state index is 0.576. The third kappa shape index (κ3) is 3.93. The molecule has 1 aromatic heterocycles. The van der Waals surface area contributed by atoms with Gasteiger partial charge in [0.15, 0.2) is 5.16 Å². The first-order valence-electron chi connectivity index (χ1n) is 4.79. The summed E-state index contributed by atoms with van der Waals surface area (Å²) in [4.78, 5) is 8.49. The second-order valence-electron chi connectivity index (χ2n) is 3.54. The second kappa shape index (κ2) is 5.77. The Hall–Kier alpha value is -1.01. The molecular weight excluding hydrogens is 210 g/mol. The molecule has 0 saturated carbocycles. The third-order valence-corrected chi connectivity index (χ3v) is 2.28. The molecule has 6 heteroatoms. The Bertz CT molecular complexity index is 293. The Morgan fingerprint density at radius 2 is 2.07 bits per heavy atom. The summed E-state index contributed by atoms with van der Waals surface area (Å²) in [5.74, 6) is 7.32. The fourth-order valence-electron chi connectivity index (χ4n) is 0.990. The normalized spacial score (nSPS) is 10.5. The lowest BCUT2D eigenvalue weighted by Gasteiger charge is -2.10. The van der Waals surface area contributed by atoms with Crippen molar-refractivity contribution in [1.82, 2.24) is 9.97 Å². The van der Waals surface area contributed by atoms with Crippen molar-refractivity contribution in [2.45, 2.75) is 19.0 Å². The number of hydrogen-bond donors (Lipinski definition) is 3. The lowest BCUT2D eigenvalue weighted by molar-refractivity contribution is 0.685. The highest BCUT2D eigenvalue weighted by Crippen LogP contribution is 2.16. The van der Waals surface area contributed by atoms with Crippen LogP contribution in [-0.2, 0) is 0 Å². The van der Waals surface area contributed by atoms with E-state index in [1.165, 1.54) is 11.8 Å². The number of nitrogens with one attached hydrogen (secondary N) is 2. The number of nitrogens with zero attached hydrogens (tertiary/aromatic N) is 2. The molecule has 1 rings (SSSR count). The van der Waals surface area contributed by atoms with Crippen LogP contribution in [0.5, 0.6) is 0 Å². The van der Waals surface area contributed by atoms with Crippen molar-refractivity contribution in [1.29, 1.82) is 0 Å². The largest absolute Gasteiger partial charge is 0.370 e. The van der Waals surface area contributed by atoms with Crippen molar-refractivity contribution in [2.24, 2.45) is 11.8 Å². The van der Waals surface area contributed by atoms with Crippen LogP contribution >= 0.6 is 11.8 Å². The Kier molecular flexibility index (Phi) is 4.64. The Morgan fingerprint density at radius 1 is 1.40 bits per heavy atom. The van der Waals surface area contributed by atoms with Crippen LogP contribution in [0.2, 0.25) is 0 Å². The van der Waals surface area contributed by atoms with Gasteiger partial charge in [-0.3, -0.25) is 0 Å². The maximum Gasteiger partial charge on any atom is 0.191 e. The van der Waals surface area contributed by atoms with Gasteiger partial charge in [-0.05, 0) is 12.2 Å². The first-order valence-corrected chi connectivity index (χ1v) is 6.01. The fourth-order valence-corrected chi connectivity index (χ4v) is 1.37. The van der Waals surface area contributed by atoms with Crippen molar-refractivity contribution in [3.05, 3.63) is 6.07 Å². The van der Waals surface area contributed by atoms with Crippen molar-refractivity contribution in [3.63, 3.8) is 0 Å². The summed E-state index contributed by atoms with van der Waals surface area (Å²) in [5, 5.41) is 3.94. The number of anilines is 2. The van der Waals surface area contributed by atoms with E-state index in [2.05, 4.69) is 34.6 Å². The molecule has 0 atom stereocenters. The summed E-state index contributed by atoms with van der Waals surface area (Å²) >= 11 is 1.49. The van der Waals surface area contributed by atoms with E-state index < -0.39 is 0 Å². The lowest BCUT2D eigenvalue weighted by atomic mass is 10.2. The van der Waals surface area contributed by atoms with Crippen LogP contribution in [0.25, 0.3) is 0 Å². The van der Waals surface area contributed by atoms with Crippen molar-refractivity contribution in [3.8, 4) is 0 Å². The van der Waals surface area contributed by atoms with E-state index in [0.29, 0.717) is 16.9 Å². The first-order chi connectivity index (χ1) is 7.15. The molecule has 1 aromatic rings. The van der Waals surface area contributed by atoms with E-state index in [0.717, 1.165) is 12.4 Å². The summed E-state index contributed by atoms with van der Waals surface area (Å²) < 4.78 is 0. The number of aromatic nitrogens is 2. The maximum absolute atomic E-state index is 5.32. The zero-order chi connectivity index (χ0) is 11.3. The number of rotatable bonds is 5. The summed E-state index contributed by atoms with van der Waals surface area (Å²) in [7, 11) is 0. The second-order valence-corrected chi connectivity index (χ2v) is 4.32. The molecule has 5 nitrogen and oxygen atoms in total. The van der Waals surface area contributed by atoms with Gasteiger partial charge in [0, 0.05) is 12.6 Å². The minimum Gasteiger partial charge on any atom is -0.370 e. The van der Waals surface area contributed by atoms with Gasteiger partial charge in [0.25, 0.3) is 0 Å². The van der Waals surface area contributed by atoms with Gasteiger partial charge < -0.3 is 10.7 Å². The molecule has 15 heavy (non-hydrogen) atoms. The Morgan fingerprint density at radius 3 is 2.60 bits per heavy atom. The molecule has 0 aliphatic rings. The van der Waals surface area contributed by atoms with Gasteiger partial charge in [-0.15, -0.1) is 0 Å². The highest BCUT2D eigenvalue weighted by atomic mass is 32.2. The fraction of sp³-hybridized carbons (Fsp3) is 0.556. The zero-order valence-corrected chi connectivity index (χ0v) is 10.1. The summed E-state index contributed by atoms with van der Waals surface area (Å²) in [6.45, 7) is 5.17. The van der Waals surface area contributed by atoms with E-state index in [9.17, 15) is 0 Å². The van der Waals surface area contributed by atoms with Crippen LogP contribution in [0.4, 0.5) is 11.6 Å². The molecule has 0 amide bonds. The quantitative estimate of drug-likeness (QED) is 0.307. The summed E-state index contributed by atoms with van der Waals surface area (Å²) in [5.41, 5.74) is 2.53. The van der Waals surface area contributed by atoms with Crippen molar-refractivity contribution in [2.75, 3.05) is 23.5 Å². The highest BCUT2D eigenvalue weighted by molar-refractivity contribution is 7.98. The van der Waals surface area contributed by atoms with Crippen LogP contribution in [0.1, 0.15) is 13.8 Å². The molecule has 0 aliphatic carbocycles. The van der Waals surface area contributed by atoms with Crippen LogP contribution in [0.15, 0.2) is 11.2 Å². The average molecular weight is 227 g/mol. The topological polar surface area (TPSA) is 75.9 Å². The maximum atomic E-state index is 5.32. The van der Waals surface area contributed by atoms with Gasteiger partial charge in [0.05, 0.1) is 0 Å². The van der Waals surface area contributed by atoms with Crippen molar-refractivity contribution < 1.29 is 0 Å². The van der Waals surface area contributed by atoms with Crippen LogP contribution < -0.4 is 16.6 Å². The van der Waals surface area contributed by atoms with Gasteiger partial charge in [-0.2, -0.15) is 0 Å². The molecule has 0 aromatic carbocycles. The molecule has 0 aliphatic heterocycles. The van der Waals surface area contributed by atoms with Crippen molar-refractivity contribution >= 4 is 23.4 Å². The van der Waals surface area contributed by atoms with Gasteiger partial charge in [-0.1, -0.05) is 25.6 Å². The molecule has 0 unspecified atom stereocenters. The number of thioether (sulfide) groups is 1.